The maximum absolute atomic E-state index is 12.3. The highest BCUT2D eigenvalue weighted by Gasteiger charge is 2.38. The third-order valence-corrected chi connectivity index (χ3v) is 4.48. The number of ether oxygens (including phenoxy) is 1. The highest BCUT2D eigenvalue weighted by Crippen LogP contribution is 2.31. The fourth-order valence-corrected chi connectivity index (χ4v) is 2.82. The standard InChI is InChI=1S/C14H24N2O4/c1-14(12(17)18)5-7-16(8-6-14)13(19)15(2)10-11-4-3-9-20-11/h11H,3-10H2,1-2H3,(H,17,18). The topological polar surface area (TPSA) is 70.1 Å². The van der Waals surface area contributed by atoms with Gasteiger partial charge in [-0.2, -0.15) is 0 Å². The number of likely N-dealkylation sites (tertiary alicyclic amines) is 1. The summed E-state index contributed by atoms with van der Waals surface area (Å²) in [6, 6.07) is -0.0204. The van der Waals surface area contributed by atoms with Crippen LogP contribution in [0.5, 0.6) is 0 Å². The van der Waals surface area contributed by atoms with Gasteiger partial charge in [-0.05, 0) is 32.6 Å². The molecule has 2 aliphatic rings. The monoisotopic (exact) mass is 284 g/mol. The molecular formula is C14H24N2O4. The lowest BCUT2D eigenvalue weighted by molar-refractivity contribution is -0.150. The van der Waals surface area contributed by atoms with E-state index in [2.05, 4.69) is 0 Å². The molecule has 0 aromatic carbocycles. The molecule has 20 heavy (non-hydrogen) atoms. The summed E-state index contributed by atoms with van der Waals surface area (Å²) < 4.78 is 5.54. The Hall–Kier alpha value is -1.30. The second kappa shape index (κ2) is 5.99. The Balaban J connectivity index is 1.83. The lowest BCUT2D eigenvalue weighted by Gasteiger charge is -2.38. The minimum atomic E-state index is -0.766. The van der Waals surface area contributed by atoms with Crippen molar-refractivity contribution in [2.75, 3.05) is 33.3 Å². The summed E-state index contributed by atoms with van der Waals surface area (Å²) in [5.74, 6) is -0.766. The van der Waals surface area contributed by atoms with Gasteiger partial charge in [0.25, 0.3) is 0 Å². The molecule has 0 radical (unpaired) electrons. The number of carbonyl (C=O) groups is 2. The van der Waals surface area contributed by atoms with E-state index in [9.17, 15) is 14.7 Å². The molecule has 0 spiro atoms. The Morgan fingerprint density at radius 2 is 2.05 bits per heavy atom. The SMILES string of the molecule is CN(CC1CCCO1)C(=O)N1CCC(C)(C(=O)O)CC1. The van der Waals surface area contributed by atoms with Crippen LogP contribution in [-0.2, 0) is 9.53 Å². The van der Waals surface area contributed by atoms with Gasteiger partial charge in [0, 0.05) is 33.3 Å². The number of hydrogen-bond acceptors (Lipinski definition) is 3. The van der Waals surface area contributed by atoms with Gasteiger partial charge >= 0.3 is 12.0 Å². The van der Waals surface area contributed by atoms with Gasteiger partial charge in [-0.25, -0.2) is 4.79 Å². The van der Waals surface area contributed by atoms with Crippen molar-refractivity contribution in [1.29, 1.82) is 0 Å². The largest absolute Gasteiger partial charge is 0.481 e. The zero-order valence-corrected chi connectivity index (χ0v) is 12.3. The third kappa shape index (κ3) is 3.23. The van der Waals surface area contributed by atoms with Crippen LogP contribution < -0.4 is 0 Å². The van der Waals surface area contributed by atoms with Crippen molar-refractivity contribution >= 4 is 12.0 Å². The van der Waals surface area contributed by atoms with Crippen LogP contribution in [0.4, 0.5) is 4.79 Å². The molecule has 0 aliphatic carbocycles. The first kappa shape index (κ1) is 15.1. The van der Waals surface area contributed by atoms with Crippen molar-refractivity contribution in [3.8, 4) is 0 Å². The second-order valence-electron chi connectivity index (χ2n) is 6.15. The van der Waals surface area contributed by atoms with Crippen LogP contribution in [0, 0.1) is 5.41 Å². The van der Waals surface area contributed by atoms with Gasteiger partial charge in [0.2, 0.25) is 0 Å². The summed E-state index contributed by atoms with van der Waals surface area (Å²) in [6.45, 7) is 4.18. The Labute approximate surface area is 119 Å². The van der Waals surface area contributed by atoms with Gasteiger partial charge in [-0.1, -0.05) is 0 Å². The Morgan fingerprint density at radius 1 is 1.40 bits per heavy atom. The van der Waals surface area contributed by atoms with E-state index >= 15 is 0 Å². The number of carboxylic acids is 1. The molecule has 2 saturated heterocycles. The summed E-state index contributed by atoms with van der Waals surface area (Å²) in [6.07, 6.45) is 3.25. The molecule has 2 fully saturated rings. The quantitative estimate of drug-likeness (QED) is 0.850. The van der Waals surface area contributed by atoms with Crippen LogP contribution in [0.3, 0.4) is 0 Å². The van der Waals surface area contributed by atoms with Gasteiger partial charge < -0.3 is 19.6 Å². The Bertz CT molecular complexity index is 371. The Kier molecular flexibility index (Phi) is 4.52. The average molecular weight is 284 g/mol. The van der Waals surface area contributed by atoms with E-state index in [0.29, 0.717) is 32.5 Å². The molecule has 0 bridgehead atoms. The molecule has 2 amide bonds. The number of piperidine rings is 1. The molecule has 6 nitrogen and oxygen atoms in total. The average Bonchev–Trinajstić information content (AvgIpc) is 2.91. The highest BCUT2D eigenvalue weighted by atomic mass is 16.5. The van der Waals surface area contributed by atoms with Crippen molar-refractivity contribution in [3.05, 3.63) is 0 Å². The van der Waals surface area contributed by atoms with Gasteiger partial charge in [-0.15, -0.1) is 0 Å². The van der Waals surface area contributed by atoms with Crippen LogP contribution in [-0.4, -0.2) is 66.3 Å². The van der Waals surface area contributed by atoms with Gasteiger partial charge in [0.15, 0.2) is 0 Å². The molecule has 0 aromatic heterocycles. The second-order valence-corrected chi connectivity index (χ2v) is 6.15. The zero-order chi connectivity index (χ0) is 14.8. The number of carboxylic acid groups (broad SMARTS) is 1. The molecular weight excluding hydrogens is 260 g/mol. The highest BCUT2D eigenvalue weighted by molar-refractivity contribution is 5.77. The van der Waals surface area contributed by atoms with E-state index in [1.165, 1.54) is 0 Å². The van der Waals surface area contributed by atoms with E-state index < -0.39 is 11.4 Å². The molecule has 2 rings (SSSR count). The van der Waals surface area contributed by atoms with Crippen LogP contribution >= 0.6 is 0 Å². The number of aliphatic carboxylic acids is 1. The molecule has 1 N–H and O–H groups in total. The molecule has 1 atom stereocenters. The smallest absolute Gasteiger partial charge is 0.319 e. The summed E-state index contributed by atoms with van der Waals surface area (Å²) in [7, 11) is 1.79. The summed E-state index contributed by atoms with van der Waals surface area (Å²) in [4.78, 5) is 26.9. The van der Waals surface area contributed by atoms with E-state index in [1.54, 1.807) is 23.8 Å². The maximum atomic E-state index is 12.3. The summed E-state index contributed by atoms with van der Waals surface area (Å²) >= 11 is 0. The molecule has 0 aromatic rings. The molecule has 0 saturated carbocycles. The lowest BCUT2D eigenvalue weighted by Crippen LogP contribution is -2.50. The molecule has 114 valence electrons. The minimum absolute atomic E-state index is 0.0204. The number of carbonyl (C=O) groups excluding carboxylic acids is 1. The lowest BCUT2D eigenvalue weighted by atomic mass is 9.80. The first-order chi connectivity index (χ1) is 9.42. The number of likely N-dealkylation sites (N-methyl/N-ethyl adjacent to an activating group) is 1. The van der Waals surface area contributed by atoms with Crippen molar-refractivity contribution in [2.24, 2.45) is 5.41 Å². The maximum Gasteiger partial charge on any atom is 0.319 e. The zero-order valence-electron chi connectivity index (χ0n) is 12.3. The van der Waals surface area contributed by atoms with Crippen LogP contribution in [0.2, 0.25) is 0 Å². The number of nitrogens with zero attached hydrogens (tertiary/aromatic N) is 2. The fraction of sp³-hybridized carbons (Fsp3) is 0.857. The van der Waals surface area contributed by atoms with Crippen molar-refractivity contribution in [2.45, 2.75) is 38.7 Å². The van der Waals surface area contributed by atoms with Crippen LogP contribution in [0.25, 0.3) is 0 Å². The van der Waals surface area contributed by atoms with Crippen molar-refractivity contribution in [3.63, 3.8) is 0 Å². The van der Waals surface area contributed by atoms with Gasteiger partial charge in [0.05, 0.1) is 11.5 Å². The van der Waals surface area contributed by atoms with E-state index in [-0.39, 0.29) is 12.1 Å². The number of hydrogen-bond donors (Lipinski definition) is 1. The number of urea groups is 1. The summed E-state index contributed by atoms with van der Waals surface area (Å²) in [5, 5.41) is 9.19. The normalized spacial score (nSPS) is 25.5. The predicted molar refractivity (Wildman–Crippen MR) is 73.5 cm³/mol. The molecule has 1 unspecified atom stereocenters. The Morgan fingerprint density at radius 3 is 2.55 bits per heavy atom. The van der Waals surface area contributed by atoms with E-state index in [1.807, 2.05) is 0 Å². The first-order valence-corrected chi connectivity index (χ1v) is 7.27. The van der Waals surface area contributed by atoms with Crippen LogP contribution in [0.15, 0.2) is 0 Å². The van der Waals surface area contributed by atoms with Crippen molar-refractivity contribution in [1.82, 2.24) is 9.80 Å². The van der Waals surface area contributed by atoms with Crippen molar-refractivity contribution < 1.29 is 19.4 Å². The van der Waals surface area contributed by atoms with E-state index in [0.717, 1.165) is 19.4 Å². The number of amides is 2. The first-order valence-electron chi connectivity index (χ1n) is 7.27. The number of rotatable bonds is 3. The predicted octanol–water partition coefficient (Wildman–Crippen LogP) is 1.40. The van der Waals surface area contributed by atoms with Gasteiger partial charge in [-0.3, -0.25) is 4.79 Å². The van der Waals surface area contributed by atoms with E-state index in [4.69, 9.17) is 4.74 Å². The molecule has 2 aliphatic heterocycles. The fourth-order valence-electron chi connectivity index (χ4n) is 2.82. The van der Waals surface area contributed by atoms with Gasteiger partial charge in [0.1, 0.15) is 0 Å². The van der Waals surface area contributed by atoms with Crippen LogP contribution in [0.1, 0.15) is 32.6 Å². The molecule has 6 heteroatoms. The summed E-state index contributed by atoms with van der Waals surface area (Å²) in [5.41, 5.74) is -0.691. The third-order valence-electron chi connectivity index (χ3n) is 4.48. The molecule has 2 heterocycles. The minimum Gasteiger partial charge on any atom is -0.481 e.